The normalized spacial score (nSPS) is 22.2. The SMILES string of the molecule is CC1(C(=O)O)C(c2ccc(Cl)cc2)C(C(=O)c2cccs2)C(c2ccc(Cl)cc2)N1C(=O)Nc1ccc(F)cc1. The van der Waals surface area contributed by atoms with Crippen molar-refractivity contribution < 1.29 is 23.9 Å². The van der Waals surface area contributed by atoms with Crippen molar-refractivity contribution in [1.29, 1.82) is 0 Å². The number of nitrogens with zero attached hydrogens (tertiary/aromatic N) is 1. The number of carboxylic acids is 1. The number of aliphatic carboxylic acids is 1. The lowest BCUT2D eigenvalue weighted by Gasteiger charge is -2.37. The number of rotatable bonds is 6. The minimum atomic E-state index is -1.89. The molecule has 6 nitrogen and oxygen atoms in total. The van der Waals surface area contributed by atoms with Gasteiger partial charge >= 0.3 is 12.0 Å². The number of likely N-dealkylation sites (tertiary alicyclic amines) is 1. The third kappa shape index (κ3) is 4.98. The smallest absolute Gasteiger partial charge is 0.330 e. The number of hydrogen-bond acceptors (Lipinski definition) is 4. The van der Waals surface area contributed by atoms with Crippen molar-refractivity contribution in [3.8, 4) is 0 Å². The first-order valence-electron chi connectivity index (χ1n) is 12.3. The van der Waals surface area contributed by atoms with Gasteiger partial charge in [-0.25, -0.2) is 14.0 Å². The fourth-order valence-corrected chi connectivity index (χ4v) is 6.48. The summed E-state index contributed by atoms with van der Waals surface area (Å²) in [5.41, 5.74) is -0.539. The van der Waals surface area contributed by atoms with Gasteiger partial charge in [-0.05, 0) is 78.0 Å². The summed E-state index contributed by atoms with van der Waals surface area (Å²) in [7, 11) is 0. The molecule has 1 fully saturated rings. The van der Waals surface area contributed by atoms with Crippen LogP contribution < -0.4 is 5.32 Å². The van der Waals surface area contributed by atoms with Gasteiger partial charge in [0.1, 0.15) is 11.4 Å². The second-order valence-corrected chi connectivity index (χ2v) is 11.5. The molecule has 2 heterocycles. The maximum Gasteiger partial charge on any atom is 0.330 e. The fraction of sp³-hybridized carbons (Fsp3) is 0.167. The van der Waals surface area contributed by atoms with Gasteiger partial charge < -0.3 is 10.4 Å². The number of carbonyl (C=O) groups is 3. The highest BCUT2D eigenvalue weighted by Gasteiger charge is 2.65. The highest BCUT2D eigenvalue weighted by atomic mass is 35.5. The van der Waals surface area contributed by atoms with Crippen LogP contribution in [0.5, 0.6) is 0 Å². The number of carbonyl (C=O) groups excluding carboxylic acids is 2. The summed E-state index contributed by atoms with van der Waals surface area (Å²) >= 11 is 13.6. The van der Waals surface area contributed by atoms with E-state index in [4.69, 9.17) is 23.2 Å². The first-order chi connectivity index (χ1) is 19.1. The molecule has 4 atom stereocenters. The Morgan fingerprint density at radius 1 is 0.900 bits per heavy atom. The molecular formula is C30H23Cl2FN2O4S. The number of ketones is 1. The minimum absolute atomic E-state index is 0.269. The number of amides is 2. The van der Waals surface area contributed by atoms with Crippen molar-refractivity contribution >= 4 is 58.0 Å². The van der Waals surface area contributed by atoms with E-state index in [1.807, 2.05) is 0 Å². The quantitative estimate of drug-likeness (QED) is 0.221. The van der Waals surface area contributed by atoms with Crippen LogP contribution in [0.3, 0.4) is 0 Å². The van der Waals surface area contributed by atoms with E-state index in [-0.39, 0.29) is 11.5 Å². The number of halogens is 3. The van der Waals surface area contributed by atoms with Gasteiger partial charge in [0.05, 0.1) is 16.8 Å². The molecule has 0 bridgehead atoms. The Hall–Kier alpha value is -3.72. The van der Waals surface area contributed by atoms with Crippen molar-refractivity contribution in [2.75, 3.05) is 5.32 Å². The molecule has 204 valence electrons. The van der Waals surface area contributed by atoms with Crippen LogP contribution in [0.1, 0.15) is 39.7 Å². The number of carboxylic acid groups (broad SMARTS) is 1. The molecule has 1 aromatic heterocycles. The molecule has 0 aliphatic carbocycles. The number of anilines is 1. The van der Waals surface area contributed by atoms with Crippen molar-refractivity contribution in [2.45, 2.75) is 24.4 Å². The van der Waals surface area contributed by atoms with Crippen molar-refractivity contribution in [2.24, 2.45) is 5.92 Å². The summed E-state index contributed by atoms with van der Waals surface area (Å²) in [6.07, 6.45) is 0. The standard InChI is InChI=1S/C30H23Cl2FN2O4S/c1-30(28(37)38)25(17-4-8-19(31)9-5-17)24(27(36)23-3-2-16-40-23)26(18-6-10-20(32)11-7-18)35(30)29(39)34-22-14-12-21(33)13-15-22/h2-16,24-26H,1H3,(H,34,39)(H,37,38). The van der Waals surface area contributed by atoms with Crippen molar-refractivity contribution in [3.05, 3.63) is 122 Å². The summed E-state index contributed by atoms with van der Waals surface area (Å²) in [6, 6.07) is 20.1. The van der Waals surface area contributed by atoms with Crippen LogP contribution >= 0.6 is 34.5 Å². The van der Waals surface area contributed by atoms with Crippen LogP contribution in [-0.4, -0.2) is 33.3 Å². The molecule has 4 unspecified atom stereocenters. The van der Waals surface area contributed by atoms with Crippen LogP contribution in [0, 0.1) is 11.7 Å². The number of benzene rings is 3. The van der Waals surface area contributed by atoms with E-state index in [1.165, 1.54) is 47.4 Å². The fourth-order valence-electron chi connectivity index (χ4n) is 5.52. The lowest BCUT2D eigenvalue weighted by atomic mass is 9.72. The summed E-state index contributed by atoms with van der Waals surface area (Å²) < 4.78 is 13.6. The van der Waals surface area contributed by atoms with Crippen LogP contribution in [0.15, 0.2) is 90.3 Å². The molecule has 1 aliphatic heterocycles. The van der Waals surface area contributed by atoms with E-state index in [2.05, 4.69) is 5.32 Å². The van der Waals surface area contributed by atoms with E-state index in [9.17, 15) is 23.9 Å². The molecular weight excluding hydrogens is 574 g/mol. The van der Waals surface area contributed by atoms with Gasteiger partial charge in [0.15, 0.2) is 5.78 Å². The molecule has 0 saturated carbocycles. The van der Waals surface area contributed by atoms with Crippen LogP contribution in [-0.2, 0) is 4.79 Å². The van der Waals surface area contributed by atoms with Gasteiger partial charge in [-0.1, -0.05) is 53.5 Å². The lowest BCUT2D eigenvalue weighted by Crippen LogP contribution is -2.55. The average molecular weight is 597 g/mol. The molecule has 4 aromatic rings. The van der Waals surface area contributed by atoms with Crippen LogP contribution in [0.4, 0.5) is 14.9 Å². The number of Topliss-reactive ketones (excluding diaryl/α,β-unsaturated/α-hetero) is 1. The number of nitrogens with one attached hydrogen (secondary N) is 1. The monoisotopic (exact) mass is 596 g/mol. The number of urea groups is 1. The Kier molecular flexibility index (Phi) is 7.68. The Morgan fingerprint density at radius 2 is 1.48 bits per heavy atom. The van der Waals surface area contributed by atoms with E-state index >= 15 is 0 Å². The van der Waals surface area contributed by atoms with Gasteiger partial charge in [0.25, 0.3) is 0 Å². The van der Waals surface area contributed by atoms with Gasteiger partial charge in [-0.15, -0.1) is 11.3 Å². The van der Waals surface area contributed by atoms with E-state index in [0.717, 1.165) is 0 Å². The highest BCUT2D eigenvalue weighted by Crippen LogP contribution is 2.57. The molecule has 1 saturated heterocycles. The maximum absolute atomic E-state index is 14.2. The first-order valence-corrected chi connectivity index (χ1v) is 13.9. The molecule has 2 amide bonds. The zero-order valence-electron chi connectivity index (χ0n) is 21.1. The zero-order valence-corrected chi connectivity index (χ0v) is 23.4. The Morgan fingerprint density at radius 3 is 2.00 bits per heavy atom. The predicted octanol–water partition coefficient (Wildman–Crippen LogP) is 7.91. The first kappa shape index (κ1) is 27.8. The summed E-state index contributed by atoms with van der Waals surface area (Å²) in [6.45, 7) is 1.45. The maximum atomic E-state index is 14.2. The molecule has 1 aliphatic rings. The average Bonchev–Trinajstić information content (AvgIpc) is 3.56. The Labute approximate surface area is 244 Å². The predicted molar refractivity (Wildman–Crippen MR) is 154 cm³/mol. The van der Waals surface area contributed by atoms with E-state index in [1.54, 1.807) is 66.0 Å². The molecule has 5 rings (SSSR count). The molecule has 40 heavy (non-hydrogen) atoms. The van der Waals surface area contributed by atoms with Gasteiger partial charge in [-0.3, -0.25) is 9.69 Å². The Bertz CT molecular complexity index is 1550. The van der Waals surface area contributed by atoms with Gasteiger partial charge in [0, 0.05) is 21.7 Å². The summed E-state index contributed by atoms with van der Waals surface area (Å²) in [5.74, 6) is -4.02. The zero-order chi connectivity index (χ0) is 28.6. The van der Waals surface area contributed by atoms with E-state index in [0.29, 0.717) is 26.0 Å². The van der Waals surface area contributed by atoms with E-state index < -0.39 is 41.2 Å². The van der Waals surface area contributed by atoms with Crippen LogP contribution in [0.2, 0.25) is 10.0 Å². The second-order valence-electron chi connectivity index (χ2n) is 9.65. The third-order valence-corrected chi connectivity index (χ3v) is 8.73. The van der Waals surface area contributed by atoms with Crippen molar-refractivity contribution in [3.63, 3.8) is 0 Å². The molecule has 2 N–H and O–H groups in total. The van der Waals surface area contributed by atoms with Gasteiger partial charge in [-0.2, -0.15) is 0 Å². The third-order valence-electron chi connectivity index (χ3n) is 7.34. The molecule has 0 radical (unpaired) electrons. The molecule has 0 spiro atoms. The Balaban J connectivity index is 1.75. The minimum Gasteiger partial charge on any atom is -0.479 e. The number of thiophene rings is 1. The molecule has 3 aromatic carbocycles. The van der Waals surface area contributed by atoms with Crippen molar-refractivity contribution in [1.82, 2.24) is 4.90 Å². The summed E-state index contributed by atoms with van der Waals surface area (Å²) in [5, 5.41) is 16.2. The largest absolute Gasteiger partial charge is 0.479 e. The highest BCUT2D eigenvalue weighted by molar-refractivity contribution is 7.12. The molecule has 10 heteroatoms. The van der Waals surface area contributed by atoms with Crippen LogP contribution in [0.25, 0.3) is 0 Å². The lowest BCUT2D eigenvalue weighted by molar-refractivity contribution is -0.148. The second kappa shape index (κ2) is 11.0. The van der Waals surface area contributed by atoms with Gasteiger partial charge in [0.2, 0.25) is 0 Å². The topological polar surface area (TPSA) is 86.7 Å². The number of hydrogen-bond donors (Lipinski definition) is 2. The summed E-state index contributed by atoms with van der Waals surface area (Å²) in [4.78, 5) is 43.2.